The lowest BCUT2D eigenvalue weighted by Gasteiger charge is -2.18. The van der Waals surface area contributed by atoms with Gasteiger partial charge in [0.15, 0.2) is 5.16 Å². The predicted molar refractivity (Wildman–Crippen MR) is 88.5 cm³/mol. The van der Waals surface area contributed by atoms with Crippen molar-refractivity contribution < 1.29 is 0 Å². The van der Waals surface area contributed by atoms with Gasteiger partial charge < -0.3 is 10.6 Å². The normalized spacial score (nSPS) is 10.6. The van der Waals surface area contributed by atoms with Gasteiger partial charge in [0, 0.05) is 18.8 Å². The number of benzene rings is 1. The number of aryl methyl sites for hydroxylation is 1. The summed E-state index contributed by atoms with van der Waals surface area (Å²) < 4.78 is 0. The first-order valence-corrected chi connectivity index (χ1v) is 8.06. The minimum absolute atomic E-state index is 0.277. The second kappa shape index (κ2) is 7.26. The number of thioether (sulfide) groups is 1. The third-order valence-corrected chi connectivity index (χ3v) is 4.18. The van der Waals surface area contributed by atoms with Crippen molar-refractivity contribution in [3.8, 4) is 0 Å². The molecule has 1 aromatic heterocycles. The van der Waals surface area contributed by atoms with Crippen LogP contribution in [0.4, 0.5) is 11.9 Å². The highest BCUT2D eigenvalue weighted by atomic mass is 32.2. The average Bonchev–Trinajstić information content (AvgIpc) is 2.47. The Balaban J connectivity index is 2.15. The van der Waals surface area contributed by atoms with Crippen molar-refractivity contribution in [1.82, 2.24) is 15.0 Å². The number of nitrogen functional groups attached to an aromatic ring is 1. The molecule has 0 aliphatic rings. The Morgan fingerprint density at radius 3 is 2.48 bits per heavy atom. The topological polar surface area (TPSA) is 67.9 Å². The number of nitrogens with zero attached hydrogens (tertiary/aromatic N) is 4. The molecule has 0 unspecified atom stereocenters. The maximum Gasteiger partial charge on any atom is 0.231 e. The van der Waals surface area contributed by atoms with E-state index >= 15 is 0 Å². The van der Waals surface area contributed by atoms with E-state index in [1.165, 1.54) is 11.1 Å². The van der Waals surface area contributed by atoms with Crippen LogP contribution in [0.3, 0.4) is 0 Å². The van der Waals surface area contributed by atoms with Crippen LogP contribution in [-0.4, -0.2) is 28.0 Å². The SMILES string of the molecule is CCN(CC)c1nc(N)nc(SCc2ccccc2C)n1. The van der Waals surface area contributed by atoms with Crippen molar-refractivity contribution in [3.05, 3.63) is 35.4 Å². The van der Waals surface area contributed by atoms with Crippen molar-refractivity contribution in [2.75, 3.05) is 23.7 Å². The van der Waals surface area contributed by atoms with Crippen molar-refractivity contribution in [3.63, 3.8) is 0 Å². The summed E-state index contributed by atoms with van der Waals surface area (Å²) >= 11 is 1.59. The molecule has 0 fully saturated rings. The fraction of sp³-hybridized carbons (Fsp3) is 0.400. The fourth-order valence-electron chi connectivity index (χ4n) is 1.99. The van der Waals surface area contributed by atoms with E-state index in [-0.39, 0.29) is 5.95 Å². The summed E-state index contributed by atoms with van der Waals surface area (Å²) in [4.78, 5) is 15.0. The molecule has 112 valence electrons. The summed E-state index contributed by atoms with van der Waals surface area (Å²) in [6.45, 7) is 7.95. The van der Waals surface area contributed by atoms with Crippen LogP contribution >= 0.6 is 11.8 Å². The van der Waals surface area contributed by atoms with Gasteiger partial charge in [-0.1, -0.05) is 36.0 Å². The molecule has 0 atom stereocenters. The van der Waals surface area contributed by atoms with E-state index in [2.05, 4.69) is 52.8 Å². The highest BCUT2D eigenvalue weighted by Gasteiger charge is 2.10. The van der Waals surface area contributed by atoms with E-state index in [9.17, 15) is 0 Å². The molecule has 2 rings (SSSR count). The molecule has 21 heavy (non-hydrogen) atoms. The largest absolute Gasteiger partial charge is 0.368 e. The van der Waals surface area contributed by atoms with Gasteiger partial charge in [-0.05, 0) is 31.9 Å². The Morgan fingerprint density at radius 1 is 1.10 bits per heavy atom. The molecule has 0 aliphatic carbocycles. The molecular formula is C15H21N5S. The number of rotatable bonds is 6. The molecular weight excluding hydrogens is 282 g/mol. The zero-order valence-corrected chi connectivity index (χ0v) is 13.5. The van der Waals surface area contributed by atoms with E-state index in [4.69, 9.17) is 5.73 Å². The monoisotopic (exact) mass is 303 g/mol. The molecule has 0 saturated heterocycles. The molecule has 6 heteroatoms. The second-order valence-corrected chi connectivity index (χ2v) is 5.61. The van der Waals surface area contributed by atoms with Crippen LogP contribution in [0, 0.1) is 6.92 Å². The van der Waals surface area contributed by atoms with Gasteiger partial charge in [-0.25, -0.2) is 0 Å². The van der Waals surface area contributed by atoms with Gasteiger partial charge >= 0.3 is 0 Å². The zero-order valence-electron chi connectivity index (χ0n) is 12.7. The Kier molecular flexibility index (Phi) is 5.38. The minimum atomic E-state index is 0.277. The van der Waals surface area contributed by atoms with Crippen LogP contribution in [-0.2, 0) is 5.75 Å². The van der Waals surface area contributed by atoms with E-state index < -0.39 is 0 Å². The lowest BCUT2D eigenvalue weighted by Crippen LogP contribution is -2.25. The van der Waals surface area contributed by atoms with E-state index in [0.29, 0.717) is 11.1 Å². The summed E-state index contributed by atoms with van der Waals surface area (Å²) in [7, 11) is 0. The van der Waals surface area contributed by atoms with Crippen LogP contribution < -0.4 is 10.6 Å². The van der Waals surface area contributed by atoms with E-state index in [1.807, 2.05) is 12.1 Å². The summed E-state index contributed by atoms with van der Waals surface area (Å²) in [6.07, 6.45) is 0. The highest BCUT2D eigenvalue weighted by Crippen LogP contribution is 2.23. The fourth-order valence-corrected chi connectivity index (χ4v) is 2.90. The minimum Gasteiger partial charge on any atom is -0.368 e. The van der Waals surface area contributed by atoms with Crippen LogP contribution in [0.15, 0.2) is 29.4 Å². The first kappa shape index (κ1) is 15.6. The van der Waals surface area contributed by atoms with Gasteiger partial charge in [0.1, 0.15) is 0 Å². The number of aromatic nitrogens is 3. The smallest absolute Gasteiger partial charge is 0.231 e. The summed E-state index contributed by atoms with van der Waals surface area (Å²) in [5.74, 6) is 1.76. The molecule has 0 radical (unpaired) electrons. The Morgan fingerprint density at radius 2 is 1.81 bits per heavy atom. The van der Waals surface area contributed by atoms with Gasteiger partial charge in [0.2, 0.25) is 11.9 Å². The lowest BCUT2D eigenvalue weighted by atomic mass is 10.1. The maximum absolute atomic E-state index is 5.80. The number of hydrogen-bond acceptors (Lipinski definition) is 6. The molecule has 1 heterocycles. The van der Waals surface area contributed by atoms with Gasteiger partial charge in [0.05, 0.1) is 0 Å². The van der Waals surface area contributed by atoms with Crippen LogP contribution in [0.2, 0.25) is 0 Å². The van der Waals surface area contributed by atoms with Crippen molar-refractivity contribution in [1.29, 1.82) is 0 Å². The standard InChI is InChI=1S/C15H21N5S/c1-4-20(5-2)14-17-13(16)18-15(19-14)21-10-12-9-7-6-8-11(12)3/h6-9H,4-5,10H2,1-3H3,(H2,16,17,18,19). The summed E-state index contributed by atoms with van der Waals surface area (Å²) in [6, 6.07) is 8.33. The molecule has 2 N–H and O–H groups in total. The molecule has 0 bridgehead atoms. The zero-order chi connectivity index (χ0) is 15.2. The molecule has 2 aromatic rings. The van der Waals surface area contributed by atoms with Crippen LogP contribution in [0.5, 0.6) is 0 Å². The average molecular weight is 303 g/mol. The Labute approximate surface area is 130 Å². The summed E-state index contributed by atoms with van der Waals surface area (Å²) in [5, 5.41) is 0.674. The molecule has 0 saturated carbocycles. The quantitative estimate of drug-likeness (QED) is 0.828. The summed E-state index contributed by atoms with van der Waals surface area (Å²) in [5.41, 5.74) is 8.36. The molecule has 0 amide bonds. The first-order chi connectivity index (χ1) is 10.1. The number of nitrogens with two attached hydrogens (primary N) is 1. The first-order valence-electron chi connectivity index (χ1n) is 7.07. The molecule has 0 spiro atoms. The van der Waals surface area contributed by atoms with Crippen molar-refractivity contribution >= 4 is 23.7 Å². The Hall–Kier alpha value is -1.82. The molecule has 0 aliphatic heterocycles. The highest BCUT2D eigenvalue weighted by molar-refractivity contribution is 7.98. The number of hydrogen-bond donors (Lipinski definition) is 1. The predicted octanol–water partition coefficient (Wildman–Crippen LogP) is 2.90. The lowest BCUT2D eigenvalue weighted by molar-refractivity contribution is 0.786. The third-order valence-electron chi connectivity index (χ3n) is 3.28. The second-order valence-electron chi connectivity index (χ2n) is 4.66. The van der Waals surface area contributed by atoms with Gasteiger partial charge in [-0.2, -0.15) is 15.0 Å². The maximum atomic E-state index is 5.80. The van der Waals surface area contributed by atoms with Gasteiger partial charge in [0.25, 0.3) is 0 Å². The van der Waals surface area contributed by atoms with E-state index in [0.717, 1.165) is 18.8 Å². The van der Waals surface area contributed by atoms with Crippen molar-refractivity contribution in [2.24, 2.45) is 0 Å². The number of anilines is 2. The van der Waals surface area contributed by atoms with Crippen molar-refractivity contribution in [2.45, 2.75) is 31.7 Å². The molecule has 5 nitrogen and oxygen atoms in total. The van der Waals surface area contributed by atoms with Crippen LogP contribution in [0.25, 0.3) is 0 Å². The van der Waals surface area contributed by atoms with Crippen LogP contribution in [0.1, 0.15) is 25.0 Å². The Bertz CT molecular complexity index is 598. The van der Waals surface area contributed by atoms with E-state index in [1.54, 1.807) is 11.8 Å². The van der Waals surface area contributed by atoms with Gasteiger partial charge in [-0.3, -0.25) is 0 Å². The third kappa shape index (κ3) is 4.07. The van der Waals surface area contributed by atoms with Gasteiger partial charge in [-0.15, -0.1) is 0 Å². The molecule has 1 aromatic carbocycles.